The summed E-state index contributed by atoms with van der Waals surface area (Å²) in [5, 5.41) is 2.57. The number of hydrogen-bond donors (Lipinski definition) is 1. The lowest BCUT2D eigenvalue weighted by Gasteiger charge is -2.20. The van der Waals surface area contributed by atoms with E-state index in [0.29, 0.717) is 12.2 Å². The molecule has 0 unspecified atom stereocenters. The number of amides is 1. The van der Waals surface area contributed by atoms with Gasteiger partial charge >= 0.3 is 12.1 Å². The standard InChI is InChI=1S/C16H21NO4S/c1-16(2,3)21-15(19)17-13-9-11(20-14(13)18)10-22-12-7-5-4-6-8-12/h4-8,11,13H,9-10H2,1-3H3,(H,17,19)/t11-,13-/m0/s1. The van der Waals surface area contributed by atoms with Crippen molar-refractivity contribution < 1.29 is 19.1 Å². The van der Waals surface area contributed by atoms with Crippen LogP contribution in [0.25, 0.3) is 0 Å². The van der Waals surface area contributed by atoms with Gasteiger partial charge in [0, 0.05) is 17.1 Å². The highest BCUT2D eigenvalue weighted by molar-refractivity contribution is 7.99. The van der Waals surface area contributed by atoms with Gasteiger partial charge in [0.05, 0.1) is 0 Å². The Morgan fingerprint density at radius 1 is 1.36 bits per heavy atom. The lowest BCUT2D eigenvalue weighted by molar-refractivity contribution is -0.142. The van der Waals surface area contributed by atoms with E-state index in [2.05, 4.69) is 5.32 Å². The first-order chi connectivity index (χ1) is 10.3. The van der Waals surface area contributed by atoms with Crippen molar-refractivity contribution in [2.75, 3.05) is 5.75 Å². The van der Waals surface area contributed by atoms with E-state index in [1.807, 2.05) is 30.3 Å². The Kier molecular flexibility index (Phi) is 5.34. The number of benzene rings is 1. The van der Waals surface area contributed by atoms with Crippen molar-refractivity contribution in [3.05, 3.63) is 30.3 Å². The zero-order valence-corrected chi connectivity index (χ0v) is 13.8. The third kappa shape index (κ3) is 5.26. The van der Waals surface area contributed by atoms with Gasteiger partial charge in [0.25, 0.3) is 0 Å². The molecular weight excluding hydrogens is 302 g/mol. The molecule has 2 atom stereocenters. The summed E-state index contributed by atoms with van der Waals surface area (Å²) in [6, 6.07) is 9.29. The Labute approximate surface area is 134 Å². The van der Waals surface area contributed by atoms with Crippen molar-refractivity contribution in [1.82, 2.24) is 5.32 Å². The molecule has 1 fully saturated rings. The normalized spacial score (nSPS) is 21.3. The van der Waals surface area contributed by atoms with Crippen molar-refractivity contribution >= 4 is 23.8 Å². The summed E-state index contributed by atoms with van der Waals surface area (Å²) in [7, 11) is 0. The third-order valence-corrected chi connectivity index (χ3v) is 4.08. The summed E-state index contributed by atoms with van der Waals surface area (Å²) in [5.74, 6) is 0.270. The minimum atomic E-state index is -0.628. The molecule has 1 N–H and O–H groups in total. The maximum Gasteiger partial charge on any atom is 0.408 e. The number of rotatable bonds is 4. The number of ether oxygens (including phenoxy) is 2. The van der Waals surface area contributed by atoms with Gasteiger partial charge in [-0.1, -0.05) is 18.2 Å². The molecule has 0 radical (unpaired) electrons. The molecule has 1 heterocycles. The van der Waals surface area contributed by atoms with E-state index in [9.17, 15) is 9.59 Å². The molecule has 1 aromatic rings. The van der Waals surface area contributed by atoms with Crippen LogP contribution in [0.3, 0.4) is 0 Å². The fourth-order valence-corrected chi connectivity index (χ4v) is 2.96. The monoisotopic (exact) mass is 323 g/mol. The lowest BCUT2D eigenvalue weighted by atomic mass is 10.2. The van der Waals surface area contributed by atoms with E-state index in [1.54, 1.807) is 32.5 Å². The average molecular weight is 323 g/mol. The summed E-state index contributed by atoms with van der Waals surface area (Å²) in [6.07, 6.45) is -0.318. The number of esters is 1. The first-order valence-corrected chi connectivity index (χ1v) is 8.20. The predicted octanol–water partition coefficient (Wildman–Crippen LogP) is 2.99. The number of hydrogen-bond acceptors (Lipinski definition) is 5. The average Bonchev–Trinajstić information content (AvgIpc) is 2.76. The number of nitrogens with one attached hydrogen (secondary N) is 1. The highest BCUT2D eigenvalue weighted by atomic mass is 32.2. The van der Waals surface area contributed by atoms with Gasteiger partial charge < -0.3 is 14.8 Å². The van der Waals surface area contributed by atoms with Crippen LogP contribution < -0.4 is 5.32 Å². The van der Waals surface area contributed by atoms with Gasteiger partial charge in [0.2, 0.25) is 0 Å². The topological polar surface area (TPSA) is 64.6 Å². The molecule has 1 aliphatic rings. The van der Waals surface area contributed by atoms with Crippen LogP contribution in [0.1, 0.15) is 27.2 Å². The Morgan fingerprint density at radius 3 is 2.68 bits per heavy atom. The largest absolute Gasteiger partial charge is 0.460 e. The first-order valence-electron chi connectivity index (χ1n) is 7.21. The SMILES string of the molecule is CC(C)(C)OC(=O)N[C@H]1C[C@@H](CSc2ccccc2)OC1=O. The van der Waals surface area contributed by atoms with Crippen molar-refractivity contribution in [3.63, 3.8) is 0 Å². The molecule has 6 heteroatoms. The molecule has 5 nitrogen and oxygen atoms in total. The van der Waals surface area contributed by atoms with Gasteiger partial charge in [0.15, 0.2) is 0 Å². The molecule has 22 heavy (non-hydrogen) atoms. The minimum absolute atomic E-state index is 0.197. The Hall–Kier alpha value is -1.69. The molecule has 0 aromatic heterocycles. The van der Waals surface area contributed by atoms with E-state index >= 15 is 0 Å². The second-order valence-electron chi connectivity index (χ2n) is 6.12. The van der Waals surface area contributed by atoms with Gasteiger partial charge in [-0.3, -0.25) is 0 Å². The lowest BCUT2D eigenvalue weighted by Crippen LogP contribution is -2.41. The zero-order valence-electron chi connectivity index (χ0n) is 13.0. The fraction of sp³-hybridized carbons (Fsp3) is 0.500. The summed E-state index contributed by atoms with van der Waals surface area (Å²) >= 11 is 1.63. The van der Waals surface area contributed by atoms with Crippen LogP contribution in [0.4, 0.5) is 4.79 Å². The molecule has 1 aliphatic heterocycles. The van der Waals surface area contributed by atoms with E-state index in [1.165, 1.54) is 0 Å². The van der Waals surface area contributed by atoms with Crippen molar-refractivity contribution in [2.24, 2.45) is 0 Å². The summed E-state index contributed by atoms with van der Waals surface area (Å²) in [6.45, 7) is 5.33. The predicted molar refractivity (Wildman–Crippen MR) is 84.8 cm³/mol. The number of carbonyl (C=O) groups excluding carboxylic acids is 2. The van der Waals surface area contributed by atoms with Crippen molar-refractivity contribution in [1.29, 1.82) is 0 Å². The van der Waals surface area contributed by atoms with Crippen LogP contribution in [0.2, 0.25) is 0 Å². The molecule has 0 saturated carbocycles. The second-order valence-corrected chi connectivity index (χ2v) is 7.21. The van der Waals surface area contributed by atoms with E-state index in [4.69, 9.17) is 9.47 Å². The minimum Gasteiger partial charge on any atom is -0.460 e. The molecular formula is C16H21NO4S. The third-order valence-electron chi connectivity index (χ3n) is 2.94. The highest BCUT2D eigenvalue weighted by Gasteiger charge is 2.36. The number of thioether (sulfide) groups is 1. The van der Waals surface area contributed by atoms with Crippen LogP contribution in [-0.2, 0) is 14.3 Å². The maximum absolute atomic E-state index is 11.8. The Balaban J connectivity index is 1.79. The zero-order chi connectivity index (χ0) is 16.2. The maximum atomic E-state index is 11.8. The molecule has 0 spiro atoms. The second kappa shape index (κ2) is 7.05. The van der Waals surface area contributed by atoms with Crippen LogP contribution in [0.5, 0.6) is 0 Å². The molecule has 2 rings (SSSR count). The van der Waals surface area contributed by atoms with Gasteiger partial charge in [-0.05, 0) is 32.9 Å². The van der Waals surface area contributed by atoms with Crippen molar-refractivity contribution in [2.45, 2.75) is 49.8 Å². The number of cyclic esters (lactones) is 1. The molecule has 0 bridgehead atoms. The summed E-state index contributed by atoms with van der Waals surface area (Å²) < 4.78 is 10.4. The molecule has 120 valence electrons. The van der Waals surface area contributed by atoms with E-state index in [0.717, 1.165) is 4.90 Å². The van der Waals surface area contributed by atoms with Gasteiger partial charge in [-0.2, -0.15) is 0 Å². The molecule has 1 saturated heterocycles. The molecule has 1 amide bonds. The first kappa shape index (κ1) is 16.7. The van der Waals surface area contributed by atoms with Crippen LogP contribution >= 0.6 is 11.8 Å². The van der Waals surface area contributed by atoms with E-state index in [-0.39, 0.29) is 6.10 Å². The number of alkyl carbamates (subject to hydrolysis) is 1. The van der Waals surface area contributed by atoms with Crippen LogP contribution in [0.15, 0.2) is 35.2 Å². The smallest absolute Gasteiger partial charge is 0.408 e. The Bertz CT molecular complexity index is 527. The fourth-order valence-electron chi connectivity index (χ4n) is 2.03. The quantitative estimate of drug-likeness (QED) is 0.681. The van der Waals surface area contributed by atoms with E-state index < -0.39 is 23.7 Å². The number of carbonyl (C=O) groups is 2. The van der Waals surface area contributed by atoms with Crippen molar-refractivity contribution in [3.8, 4) is 0 Å². The highest BCUT2D eigenvalue weighted by Crippen LogP contribution is 2.24. The summed E-state index contributed by atoms with van der Waals surface area (Å²) in [5.41, 5.74) is -0.588. The van der Waals surface area contributed by atoms with Gasteiger partial charge in [-0.15, -0.1) is 11.8 Å². The van der Waals surface area contributed by atoms with Gasteiger partial charge in [-0.25, -0.2) is 9.59 Å². The Morgan fingerprint density at radius 2 is 2.05 bits per heavy atom. The van der Waals surface area contributed by atoms with Gasteiger partial charge in [0.1, 0.15) is 17.7 Å². The van der Waals surface area contributed by atoms with Crippen LogP contribution in [0, 0.1) is 0 Å². The molecule has 1 aromatic carbocycles. The summed E-state index contributed by atoms with van der Waals surface area (Å²) in [4.78, 5) is 24.6. The van der Waals surface area contributed by atoms with Crippen LogP contribution in [-0.4, -0.2) is 35.6 Å². The molecule has 0 aliphatic carbocycles.